The Hall–Kier alpha value is -3.95. The summed E-state index contributed by atoms with van der Waals surface area (Å²) in [5.41, 5.74) is 0.237. The molecule has 1 aromatic carbocycles. The second kappa shape index (κ2) is 8.43. The molecule has 0 spiro atoms. The molecule has 2 rings (SSSR count). The highest BCUT2D eigenvalue weighted by atomic mass is 16.6. The summed E-state index contributed by atoms with van der Waals surface area (Å²) in [7, 11) is 2.35. The maximum Gasteiger partial charge on any atom is 0.433 e. The third-order valence-corrected chi connectivity index (χ3v) is 3.23. The zero-order valence-corrected chi connectivity index (χ0v) is 14.3. The van der Waals surface area contributed by atoms with Gasteiger partial charge in [-0.05, 0) is 30.3 Å². The molecule has 1 aromatic heterocycles. The van der Waals surface area contributed by atoms with Crippen LogP contribution in [0, 0.1) is 10.1 Å². The number of nitrogens with zero attached hydrogens (tertiary/aromatic N) is 1. The van der Waals surface area contributed by atoms with Crippen LogP contribution in [0.25, 0.3) is 6.08 Å². The molecule has 10 nitrogen and oxygen atoms in total. The van der Waals surface area contributed by atoms with Gasteiger partial charge in [-0.25, -0.2) is 9.59 Å². The number of nitro groups is 1. The number of carbonyl (C=O) groups is 3. The van der Waals surface area contributed by atoms with Gasteiger partial charge < -0.3 is 19.2 Å². The van der Waals surface area contributed by atoms with Gasteiger partial charge in [0.15, 0.2) is 0 Å². The number of anilines is 1. The predicted molar refractivity (Wildman–Crippen MR) is 92.1 cm³/mol. The van der Waals surface area contributed by atoms with Gasteiger partial charge in [0, 0.05) is 11.8 Å². The Balaban J connectivity index is 2.20. The molecule has 10 heteroatoms. The first kappa shape index (κ1) is 19.4. The average molecular weight is 374 g/mol. The van der Waals surface area contributed by atoms with Crippen LogP contribution in [0.15, 0.2) is 40.8 Å². The molecule has 1 amide bonds. The van der Waals surface area contributed by atoms with Gasteiger partial charge in [0.1, 0.15) is 10.7 Å². The van der Waals surface area contributed by atoms with Crippen molar-refractivity contribution >= 4 is 35.5 Å². The Bertz CT molecular complexity index is 895. The van der Waals surface area contributed by atoms with Gasteiger partial charge in [0.25, 0.3) is 0 Å². The number of ether oxygens (including phenoxy) is 2. The summed E-state index contributed by atoms with van der Waals surface area (Å²) in [4.78, 5) is 45.3. The zero-order chi connectivity index (χ0) is 20.0. The SMILES string of the molecule is COC(=O)c1cc(NC(=O)/C=C/c2ccc([N+](=O)[O-])o2)cc(C(=O)OC)c1. The van der Waals surface area contributed by atoms with Crippen molar-refractivity contribution in [1.29, 1.82) is 0 Å². The Labute approximate surface area is 152 Å². The van der Waals surface area contributed by atoms with Crippen LogP contribution in [0.5, 0.6) is 0 Å². The number of rotatable bonds is 6. The topological polar surface area (TPSA) is 138 Å². The first-order valence-corrected chi connectivity index (χ1v) is 7.39. The molecule has 0 aliphatic carbocycles. The van der Waals surface area contributed by atoms with Gasteiger partial charge in [-0.1, -0.05) is 0 Å². The highest BCUT2D eigenvalue weighted by Gasteiger charge is 2.15. The minimum Gasteiger partial charge on any atom is -0.465 e. The lowest BCUT2D eigenvalue weighted by Crippen LogP contribution is -2.12. The van der Waals surface area contributed by atoms with E-state index < -0.39 is 28.7 Å². The highest BCUT2D eigenvalue weighted by molar-refractivity contribution is 6.04. The van der Waals surface area contributed by atoms with Gasteiger partial charge in [0.05, 0.1) is 31.4 Å². The van der Waals surface area contributed by atoms with E-state index in [9.17, 15) is 24.5 Å². The summed E-state index contributed by atoms with van der Waals surface area (Å²) < 4.78 is 14.1. The van der Waals surface area contributed by atoms with Crippen molar-refractivity contribution < 1.29 is 33.2 Å². The Morgan fingerprint density at radius 2 is 1.67 bits per heavy atom. The molecule has 2 aromatic rings. The fourth-order valence-corrected chi connectivity index (χ4v) is 2.04. The van der Waals surface area contributed by atoms with Gasteiger partial charge in [-0.2, -0.15) is 0 Å². The highest BCUT2D eigenvalue weighted by Crippen LogP contribution is 2.18. The number of nitrogens with one attached hydrogen (secondary N) is 1. The molecule has 0 fully saturated rings. The smallest absolute Gasteiger partial charge is 0.433 e. The Kier molecular flexibility index (Phi) is 6.05. The molecular formula is C17H14N2O8. The number of hydrogen-bond acceptors (Lipinski definition) is 8. The molecular weight excluding hydrogens is 360 g/mol. The fraction of sp³-hybridized carbons (Fsp3) is 0.118. The first-order valence-electron chi connectivity index (χ1n) is 7.39. The van der Waals surface area contributed by atoms with E-state index in [1.54, 1.807) is 0 Å². The standard InChI is InChI=1S/C17H14N2O8/c1-25-16(21)10-7-11(17(22)26-2)9-12(8-10)18-14(20)5-3-13-4-6-15(27-13)19(23)24/h3-9H,1-2H3,(H,18,20)/b5-3+. The summed E-state index contributed by atoms with van der Waals surface area (Å²) >= 11 is 0. The van der Waals surface area contributed by atoms with Crippen LogP contribution in [0.2, 0.25) is 0 Å². The van der Waals surface area contributed by atoms with Crippen LogP contribution in [-0.4, -0.2) is 37.0 Å². The zero-order valence-electron chi connectivity index (χ0n) is 14.3. The molecule has 0 aliphatic heterocycles. The minimum absolute atomic E-state index is 0.0429. The van der Waals surface area contributed by atoms with Crippen molar-refractivity contribution in [3.05, 3.63) is 63.4 Å². The summed E-state index contributed by atoms with van der Waals surface area (Å²) in [6, 6.07) is 6.39. The van der Waals surface area contributed by atoms with Crippen molar-refractivity contribution in [3.8, 4) is 0 Å². The third kappa shape index (κ3) is 5.01. The Morgan fingerprint density at radius 3 is 2.15 bits per heavy atom. The molecule has 1 N–H and O–H groups in total. The minimum atomic E-state index is -0.704. The number of carbonyl (C=O) groups excluding carboxylic acids is 3. The number of methoxy groups -OCH3 is 2. The molecule has 0 saturated carbocycles. The van der Waals surface area contributed by atoms with Crippen LogP contribution >= 0.6 is 0 Å². The molecule has 27 heavy (non-hydrogen) atoms. The van der Waals surface area contributed by atoms with Crippen LogP contribution in [0.3, 0.4) is 0 Å². The molecule has 0 bridgehead atoms. The van der Waals surface area contributed by atoms with Crippen molar-refractivity contribution in [3.63, 3.8) is 0 Å². The van der Waals surface area contributed by atoms with E-state index in [-0.39, 0.29) is 22.6 Å². The maximum atomic E-state index is 12.0. The molecule has 1 heterocycles. The molecule has 140 valence electrons. The summed E-state index contributed by atoms with van der Waals surface area (Å²) in [6.07, 6.45) is 2.30. The second-order valence-corrected chi connectivity index (χ2v) is 5.04. The van der Waals surface area contributed by atoms with Crippen LogP contribution in [-0.2, 0) is 14.3 Å². The lowest BCUT2D eigenvalue weighted by molar-refractivity contribution is -0.402. The maximum absolute atomic E-state index is 12.0. The van der Waals surface area contributed by atoms with E-state index in [0.29, 0.717) is 0 Å². The van der Waals surface area contributed by atoms with Crippen LogP contribution in [0.4, 0.5) is 11.6 Å². The van der Waals surface area contributed by atoms with Gasteiger partial charge in [-0.3, -0.25) is 14.9 Å². The number of esters is 2. The summed E-state index contributed by atoms with van der Waals surface area (Å²) in [5, 5.41) is 13.0. The quantitative estimate of drug-likeness (QED) is 0.352. The summed E-state index contributed by atoms with van der Waals surface area (Å²) in [5.74, 6) is -2.37. The molecule has 0 radical (unpaired) electrons. The molecule has 0 atom stereocenters. The number of furan rings is 1. The molecule has 0 unspecified atom stereocenters. The molecule has 0 saturated heterocycles. The molecule has 0 aliphatic rings. The van der Waals surface area contributed by atoms with E-state index in [2.05, 4.69) is 14.8 Å². The normalized spacial score (nSPS) is 10.4. The van der Waals surface area contributed by atoms with Gasteiger partial charge >= 0.3 is 17.8 Å². The van der Waals surface area contributed by atoms with Gasteiger partial charge in [0.2, 0.25) is 5.91 Å². The van der Waals surface area contributed by atoms with Crippen LogP contribution in [0.1, 0.15) is 26.5 Å². The van der Waals surface area contributed by atoms with E-state index in [0.717, 1.165) is 12.1 Å². The average Bonchev–Trinajstić information content (AvgIpc) is 3.14. The van der Waals surface area contributed by atoms with E-state index in [1.165, 1.54) is 44.6 Å². The van der Waals surface area contributed by atoms with Crippen molar-refractivity contribution in [2.75, 3.05) is 19.5 Å². The van der Waals surface area contributed by atoms with Crippen molar-refractivity contribution in [1.82, 2.24) is 0 Å². The monoisotopic (exact) mass is 374 g/mol. The van der Waals surface area contributed by atoms with Crippen molar-refractivity contribution in [2.45, 2.75) is 0 Å². The first-order chi connectivity index (χ1) is 12.8. The largest absolute Gasteiger partial charge is 0.465 e. The number of benzene rings is 1. The second-order valence-electron chi connectivity index (χ2n) is 5.04. The summed E-state index contributed by atoms with van der Waals surface area (Å²) in [6.45, 7) is 0. The van der Waals surface area contributed by atoms with E-state index in [1.807, 2.05) is 0 Å². The number of amides is 1. The Morgan fingerprint density at radius 1 is 1.07 bits per heavy atom. The van der Waals surface area contributed by atoms with Crippen LogP contribution < -0.4 is 5.32 Å². The number of hydrogen-bond donors (Lipinski definition) is 1. The van der Waals surface area contributed by atoms with Crippen molar-refractivity contribution in [2.24, 2.45) is 0 Å². The lowest BCUT2D eigenvalue weighted by atomic mass is 10.1. The van der Waals surface area contributed by atoms with E-state index in [4.69, 9.17) is 4.42 Å². The predicted octanol–water partition coefficient (Wildman–Crippen LogP) is 2.41. The fourth-order valence-electron chi connectivity index (χ4n) is 2.04. The lowest BCUT2D eigenvalue weighted by Gasteiger charge is -2.08. The third-order valence-electron chi connectivity index (χ3n) is 3.23. The van der Waals surface area contributed by atoms with Gasteiger partial charge in [-0.15, -0.1) is 0 Å². The van der Waals surface area contributed by atoms with E-state index >= 15 is 0 Å².